The van der Waals surface area contributed by atoms with Gasteiger partial charge in [0, 0.05) is 12.1 Å². The Bertz CT molecular complexity index is 957. The Morgan fingerprint density at radius 3 is 2.13 bits per heavy atom. The summed E-state index contributed by atoms with van der Waals surface area (Å²) in [6, 6.07) is 7.41. The molecule has 5 nitrogen and oxygen atoms in total. The van der Waals surface area contributed by atoms with Crippen molar-refractivity contribution in [2.75, 3.05) is 6.54 Å². The Morgan fingerprint density at radius 2 is 1.61 bits per heavy atom. The molecule has 11 heteroatoms. The number of carbonyl (C=O) groups excluding carboxylic acids is 2. The van der Waals surface area contributed by atoms with Crippen LogP contribution in [-0.2, 0) is 0 Å². The third kappa shape index (κ3) is 7.05. The zero-order valence-electron chi connectivity index (χ0n) is 16.0. The molecule has 166 valence electrons. The van der Waals surface area contributed by atoms with Crippen molar-refractivity contribution in [3.63, 3.8) is 0 Å². The Balaban J connectivity index is 2.16. The molecule has 0 heterocycles. The average Bonchev–Trinajstić information content (AvgIpc) is 2.70. The maximum Gasteiger partial charge on any atom is 0.399 e. The summed E-state index contributed by atoms with van der Waals surface area (Å²) in [7, 11) is 0. The minimum absolute atomic E-state index is 0.0208. The first-order valence-corrected chi connectivity index (χ1v) is 10.00. The van der Waals surface area contributed by atoms with Crippen LogP contribution in [-0.4, -0.2) is 24.7 Å². The Labute approximate surface area is 191 Å². The van der Waals surface area contributed by atoms with E-state index in [2.05, 4.69) is 16.2 Å². The summed E-state index contributed by atoms with van der Waals surface area (Å²) in [5, 5.41) is 2.25. The highest BCUT2D eigenvalue weighted by Gasteiger charge is 2.39. The molecule has 3 amide bonds. The molecule has 3 N–H and O–H groups in total. The lowest BCUT2D eigenvalue weighted by molar-refractivity contribution is -0.139. The van der Waals surface area contributed by atoms with Gasteiger partial charge in [-0.05, 0) is 42.3 Å². The van der Waals surface area contributed by atoms with Gasteiger partial charge < -0.3 is 5.32 Å². The Morgan fingerprint density at radius 1 is 1.03 bits per heavy atom. The fourth-order valence-electron chi connectivity index (χ4n) is 2.51. The third-order valence-electron chi connectivity index (χ3n) is 4.00. The number of urea groups is 1. The van der Waals surface area contributed by atoms with Gasteiger partial charge in [0.2, 0.25) is 0 Å². The normalized spacial score (nSPS) is 12.5. The van der Waals surface area contributed by atoms with Crippen LogP contribution in [0.4, 0.5) is 18.0 Å². The fraction of sp³-hybridized carbons (Fsp3) is 0.200. The SMILES string of the molecule is CCNC(=O)NNC(=O)c1ccc(C=CC(c2cc(Cl)c(Cl)c(Cl)c2)C(F)(F)F)cc1. The number of rotatable bonds is 5. The van der Waals surface area contributed by atoms with Gasteiger partial charge in [0.15, 0.2) is 0 Å². The van der Waals surface area contributed by atoms with Gasteiger partial charge in [-0.15, -0.1) is 0 Å². The van der Waals surface area contributed by atoms with Crippen LogP contribution in [0.1, 0.15) is 34.3 Å². The summed E-state index contributed by atoms with van der Waals surface area (Å²) in [6.07, 6.45) is -2.37. The fourth-order valence-corrected chi connectivity index (χ4v) is 3.12. The van der Waals surface area contributed by atoms with E-state index in [0.717, 1.165) is 18.2 Å². The summed E-state index contributed by atoms with van der Waals surface area (Å²) in [4.78, 5) is 23.3. The van der Waals surface area contributed by atoms with E-state index in [4.69, 9.17) is 34.8 Å². The van der Waals surface area contributed by atoms with Gasteiger partial charge in [-0.25, -0.2) is 10.2 Å². The molecule has 0 aliphatic carbocycles. The second kappa shape index (κ2) is 10.7. The minimum atomic E-state index is -4.60. The van der Waals surface area contributed by atoms with Gasteiger partial charge in [0.05, 0.1) is 21.0 Å². The van der Waals surface area contributed by atoms with Gasteiger partial charge in [0.1, 0.15) is 0 Å². The van der Waals surface area contributed by atoms with Gasteiger partial charge in [0.25, 0.3) is 5.91 Å². The van der Waals surface area contributed by atoms with E-state index in [0.29, 0.717) is 12.1 Å². The Kier molecular flexibility index (Phi) is 8.61. The molecule has 0 fully saturated rings. The molecule has 0 saturated heterocycles. The molecule has 0 aliphatic heterocycles. The average molecular weight is 495 g/mol. The maximum absolute atomic E-state index is 13.6. The smallest absolute Gasteiger partial charge is 0.337 e. The van der Waals surface area contributed by atoms with Crippen LogP contribution in [0.3, 0.4) is 0 Å². The zero-order valence-corrected chi connectivity index (χ0v) is 18.3. The number of halogens is 6. The molecule has 2 aromatic rings. The molecule has 0 saturated carbocycles. The van der Waals surface area contributed by atoms with Crippen molar-refractivity contribution in [3.05, 3.63) is 74.2 Å². The second-order valence-electron chi connectivity index (χ2n) is 6.24. The first-order chi connectivity index (χ1) is 14.5. The number of hydrazine groups is 1. The zero-order chi connectivity index (χ0) is 23.2. The molecule has 2 rings (SSSR count). The van der Waals surface area contributed by atoms with Crippen LogP contribution in [0.15, 0.2) is 42.5 Å². The molecule has 1 unspecified atom stereocenters. The van der Waals surface area contributed by atoms with E-state index in [9.17, 15) is 22.8 Å². The number of alkyl halides is 3. The minimum Gasteiger partial charge on any atom is -0.337 e. The highest BCUT2D eigenvalue weighted by atomic mass is 35.5. The molecule has 2 aromatic carbocycles. The second-order valence-corrected chi connectivity index (χ2v) is 7.43. The quantitative estimate of drug-likeness (QED) is 0.354. The molecule has 31 heavy (non-hydrogen) atoms. The molecule has 0 radical (unpaired) electrons. The van der Waals surface area contributed by atoms with Crippen LogP contribution in [0.2, 0.25) is 15.1 Å². The van der Waals surface area contributed by atoms with Crippen molar-refractivity contribution in [1.29, 1.82) is 0 Å². The standard InChI is InChI=1S/C20H17Cl3F3N3O2/c1-2-27-19(31)29-28-18(30)12-6-3-11(4-7-12)5-8-14(20(24,25)26)13-9-15(21)17(23)16(22)10-13/h3-10,14H,2H2,1H3,(H,28,30)(H2,27,29,31). The number of allylic oxidation sites excluding steroid dienone is 1. The number of hydrogen-bond donors (Lipinski definition) is 3. The number of nitrogens with one attached hydrogen (secondary N) is 3. The topological polar surface area (TPSA) is 70.2 Å². The van der Waals surface area contributed by atoms with E-state index in [-0.39, 0.29) is 26.2 Å². The molecule has 1 atom stereocenters. The summed E-state index contributed by atoms with van der Waals surface area (Å²) in [6.45, 7) is 2.10. The van der Waals surface area contributed by atoms with Gasteiger partial charge in [-0.2, -0.15) is 13.2 Å². The van der Waals surface area contributed by atoms with Crippen molar-refractivity contribution < 1.29 is 22.8 Å². The number of benzene rings is 2. The van der Waals surface area contributed by atoms with Crippen molar-refractivity contribution in [1.82, 2.24) is 16.2 Å². The lowest BCUT2D eigenvalue weighted by Gasteiger charge is -2.18. The first kappa shape index (κ1) is 24.8. The van der Waals surface area contributed by atoms with E-state index < -0.39 is 24.0 Å². The van der Waals surface area contributed by atoms with Crippen LogP contribution < -0.4 is 16.2 Å². The molecule has 0 aliphatic rings. The van der Waals surface area contributed by atoms with Gasteiger partial charge >= 0.3 is 12.2 Å². The predicted octanol–water partition coefficient (Wildman–Crippen LogP) is 5.97. The molecular formula is C20H17Cl3F3N3O2. The maximum atomic E-state index is 13.6. The van der Waals surface area contributed by atoms with Crippen LogP contribution >= 0.6 is 34.8 Å². The van der Waals surface area contributed by atoms with Crippen molar-refractivity contribution in [2.45, 2.75) is 19.0 Å². The van der Waals surface area contributed by atoms with E-state index >= 15 is 0 Å². The highest BCUT2D eigenvalue weighted by molar-refractivity contribution is 6.48. The lowest BCUT2D eigenvalue weighted by Crippen LogP contribution is -2.46. The molecule has 0 spiro atoms. The van der Waals surface area contributed by atoms with Crippen LogP contribution in [0.5, 0.6) is 0 Å². The lowest BCUT2D eigenvalue weighted by atomic mass is 9.97. The van der Waals surface area contributed by atoms with Gasteiger partial charge in [-0.1, -0.05) is 59.1 Å². The van der Waals surface area contributed by atoms with E-state index in [1.807, 2.05) is 0 Å². The van der Waals surface area contributed by atoms with Crippen molar-refractivity contribution >= 4 is 52.8 Å². The van der Waals surface area contributed by atoms with Crippen molar-refractivity contribution in [2.24, 2.45) is 0 Å². The largest absolute Gasteiger partial charge is 0.399 e. The van der Waals surface area contributed by atoms with Crippen LogP contribution in [0, 0.1) is 0 Å². The summed E-state index contributed by atoms with van der Waals surface area (Å²) < 4.78 is 40.8. The van der Waals surface area contributed by atoms with Gasteiger partial charge in [-0.3, -0.25) is 10.2 Å². The number of hydrogen-bond acceptors (Lipinski definition) is 2. The molecular weight excluding hydrogens is 478 g/mol. The summed E-state index contributed by atoms with van der Waals surface area (Å²) in [5.74, 6) is -2.55. The molecule has 0 bridgehead atoms. The van der Waals surface area contributed by atoms with E-state index in [1.165, 1.54) is 30.3 Å². The third-order valence-corrected chi connectivity index (χ3v) is 5.20. The monoisotopic (exact) mass is 493 g/mol. The van der Waals surface area contributed by atoms with Crippen LogP contribution in [0.25, 0.3) is 6.08 Å². The Hall–Kier alpha value is -2.42. The number of amides is 3. The first-order valence-electron chi connectivity index (χ1n) is 8.86. The van der Waals surface area contributed by atoms with Crippen molar-refractivity contribution in [3.8, 4) is 0 Å². The summed E-state index contributed by atoms with van der Waals surface area (Å²) in [5.41, 5.74) is 4.84. The highest BCUT2D eigenvalue weighted by Crippen LogP contribution is 2.41. The summed E-state index contributed by atoms with van der Waals surface area (Å²) >= 11 is 17.5. The molecule has 0 aromatic heterocycles. The number of carbonyl (C=O) groups is 2. The predicted molar refractivity (Wildman–Crippen MR) is 115 cm³/mol. The van der Waals surface area contributed by atoms with E-state index in [1.54, 1.807) is 6.92 Å².